The van der Waals surface area contributed by atoms with Gasteiger partial charge in [-0.15, -0.1) is 0 Å². The summed E-state index contributed by atoms with van der Waals surface area (Å²) in [7, 11) is 0. The van der Waals surface area contributed by atoms with Crippen molar-refractivity contribution in [1.29, 1.82) is 0 Å². The lowest BCUT2D eigenvalue weighted by Crippen LogP contribution is -2.43. The van der Waals surface area contributed by atoms with E-state index in [0.29, 0.717) is 22.9 Å². The number of ether oxygens (including phenoxy) is 1. The van der Waals surface area contributed by atoms with E-state index >= 15 is 0 Å². The molecule has 0 aliphatic heterocycles. The third-order valence-electron chi connectivity index (χ3n) is 3.75. The third kappa shape index (κ3) is 5.46. The average molecular weight is 370 g/mol. The summed E-state index contributed by atoms with van der Waals surface area (Å²) in [6, 6.07) is 4.10. The fraction of sp³-hybridized carbons (Fsp3) is 0.533. The van der Waals surface area contributed by atoms with Crippen LogP contribution in [0.3, 0.4) is 0 Å². The summed E-state index contributed by atoms with van der Waals surface area (Å²) < 4.78 is 43.5. The molecule has 0 radical (unpaired) electrons. The third-order valence-corrected chi connectivity index (χ3v) is 4.30. The zero-order chi connectivity index (χ0) is 17.0. The van der Waals surface area contributed by atoms with Crippen molar-refractivity contribution in [2.24, 2.45) is 5.92 Å². The molecule has 2 atom stereocenters. The monoisotopic (exact) mass is 369 g/mol. The summed E-state index contributed by atoms with van der Waals surface area (Å²) >= 11 is 11.7. The van der Waals surface area contributed by atoms with Gasteiger partial charge in [-0.25, -0.2) is 0 Å². The number of rotatable bonds is 4. The number of alkyl halides is 3. The number of halogens is 5. The number of carbonyl (C=O) groups excluding carboxylic acids is 1. The number of hydrogen-bond donors (Lipinski definition) is 1. The molecule has 0 bridgehead atoms. The number of carbonyl (C=O) groups is 1. The Morgan fingerprint density at radius 1 is 1.30 bits per heavy atom. The maximum absolute atomic E-state index is 12.7. The topological polar surface area (TPSA) is 38.3 Å². The fourth-order valence-electron chi connectivity index (χ4n) is 2.62. The van der Waals surface area contributed by atoms with Gasteiger partial charge in [0.2, 0.25) is 0 Å². The molecule has 1 amide bonds. The first-order valence-electron chi connectivity index (χ1n) is 7.19. The molecule has 1 fully saturated rings. The van der Waals surface area contributed by atoms with Crippen LogP contribution >= 0.6 is 23.2 Å². The summed E-state index contributed by atoms with van der Waals surface area (Å²) in [4.78, 5) is 11.8. The van der Waals surface area contributed by atoms with Gasteiger partial charge in [0.25, 0.3) is 5.91 Å². The van der Waals surface area contributed by atoms with Gasteiger partial charge in [0, 0.05) is 17.1 Å². The van der Waals surface area contributed by atoms with E-state index in [1.165, 1.54) is 12.1 Å². The minimum atomic E-state index is -4.21. The largest absolute Gasteiger partial charge is 0.482 e. The van der Waals surface area contributed by atoms with Gasteiger partial charge in [-0.05, 0) is 31.4 Å². The van der Waals surface area contributed by atoms with Gasteiger partial charge in [-0.2, -0.15) is 13.2 Å². The van der Waals surface area contributed by atoms with Crippen LogP contribution in [0, 0.1) is 5.92 Å². The van der Waals surface area contributed by atoms with Crippen molar-refractivity contribution in [2.45, 2.75) is 37.9 Å². The molecule has 1 aromatic carbocycles. The Bertz CT molecular complexity index is 566. The highest BCUT2D eigenvalue weighted by atomic mass is 35.5. The van der Waals surface area contributed by atoms with Crippen molar-refractivity contribution < 1.29 is 22.7 Å². The number of benzene rings is 1. The summed E-state index contributed by atoms with van der Waals surface area (Å²) in [6.07, 6.45) is -3.21. The Balaban J connectivity index is 1.84. The van der Waals surface area contributed by atoms with Gasteiger partial charge >= 0.3 is 6.18 Å². The van der Waals surface area contributed by atoms with Crippen LogP contribution in [0.5, 0.6) is 5.75 Å². The smallest absolute Gasteiger partial charge is 0.391 e. The van der Waals surface area contributed by atoms with Gasteiger partial charge in [0.15, 0.2) is 6.61 Å². The van der Waals surface area contributed by atoms with Crippen LogP contribution in [-0.4, -0.2) is 24.7 Å². The van der Waals surface area contributed by atoms with E-state index in [0.717, 1.165) is 0 Å². The molecule has 0 aromatic heterocycles. The molecular weight excluding hydrogens is 354 g/mol. The molecule has 1 aliphatic rings. The predicted molar refractivity (Wildman–Crippen MR) is 81.9 cm³/mol. The van der Waals surface area contributed by atoms with Crippen LogP contribution in [0.4, 0.5) is 13.2 Å². The minimum absolute atomic E-state index is 0.0901. The SMILES string of the molecule is O=C(COc1cc(Cl)ccc1Cl)N[C@@H]1CCC[C@H](C(F)(F)F)C1. The van der Waals surface area contributed by atoms with Crippen LogP contribution < -0.4 is 10.1 Å². The molecule has 0 unspecified atom stereocenters. The maximum atomic E-state index is 12.7. The normalized spacial score (nSPS) is 21.8. The lowest BCUT2D eigenvalue weighted by atomic mass is 9.85. The highest BCUT2D eigenvalue weighted by Gasteiger charge is 2.42. The molecule has 2 rings (SSSR count). The van der Waals surface area contributed by atoms with Crippen molar-refractivity contribution in [1.82, 2.24) is 5.32 Å². The first-order valence-corrected chi connectivity index (χ1v) is 7.95. The summed E-state index contributed by atoms with van der Waals surface area (Å²) in [6.45, 7) is -0.326. The van der Waals surface area contributed by atoms with Gasteiger partial charge < -0.3 is 10.1 Å². The van der Waals surface area contributed by atoms with Gasteiger partial charge in [-0.1, -0.05) is 29.6 Å². The Morgan fingerprint density at radius 3 is 2.74 bits per heavy atom. The molecule has 128 valence electrons. The first-order chi connectivity index (χ1) is 10.8. The zero-order valence-corrected chi connectivity index (χ0v) is 13.6. The quantitative estimate of drug-likeness (QED) is 0.841. The molecule has 23 heavy (non-hydrogen) atoms. The number of nitrogens with one attached hydrogen (secondary N) is 1. The Kier molecular flexibility index (Phi) is 6.03. The van der Waals surface area contributed by atoms with Crippen LogP contribution in [0.15, 0.2) is 18.2 Å². The molecule has 1 aromatic rings. The van der Waals surface area contributed by atoms with E-state index in [4.69, 9.17) is 27.9 Å². The average Bonchev–Trinajstić information content (AvgIpc) is 2.47. The molecule has 8 heteroatoms. The van der Waals surface area contributed by atoms with Crippen molar-refractivity contribution >= 4 is 29.1 Å². The maximum Gasteiger partial charge on any atom is 0.391 e. The lowest BCUT2D eigenvalue weighted by Gasteiger charge is -2.31. The minimum Gasteiger partial charge on any atom is -0.482 e. The summed E-state index contributed by atoms with van der Waals surface area (Å²) in [5.41, 5.74) is 0. The van der Waals surface area contributed by atoms with Gasteiger partial charge in [0.1, 0.15) is 5.75 Å². The van der Waals surface area contributed by atoms with Crippen LogP contribution in [-0.2, 0) is 4.79 Å². The number of hydrogen-bond acceptors (Lipinski definition) is 2. The highest BCUT2D eigenvalue weighted by molar-refractivity contribution is 6.34. The molecule has 1 N–H and O–H groups in total. The molecule has 3 nitrogen and oxygen atoms in total. The standard InChI is InChI=1S/C15H16Cl2F3NO2/c16-10-4-5-12(17)13(7-10)23-8-14(22)21-11-3-1-2-9(6-11)15(18,19)20/h4-5,7,9,11H,1-3,6,8H2,(H,21,22)/t9-,11+/m0/s1. The molecular formula is C15H16Cl2F3NO2. The van der Waals surface area contributed by atoms with E-state index in [1.807, 2.05) is 0 Å². The van der Waals surface area contributed by atoms with E-state index in [-0.39, 0.29) is 25.2 Å². The first kappa shape index (κ1) is 18.2. The van der Waals surface area contributed by atoms with Crippen molar-refractivity contribution in [2.75, 3.05) is 6.61 Å². The predicted octanol–water partition coefficient (Wildman–Crippen LogP) is 4.61. The Hall–Kier alpha value is -1.14. The van der Waals surface area contributed by atoms with Crippen LogP contribution in [0.1, 0.15) is 25.7 Å². The highest BCUT2D eigenvalue weighted by Crippen LogP contribution is 2.37. The van der Waals surface area contributed by atoms with Crippen molar-refractivity contribution in [3.8, 4) is 5.75 Å². The van der Waals surface area contributed by atoms with E-state index in [9.17, 15) is 18.0 Å². The Morgan fingerprint density at radius 2 is 2.04 bits per heavy atom. The van der Waals surface area contributed by atoms with E-state index in [2.05, 4.69) is 5.32 Å². The molecule has 0 saturated heterocycles. The lowest BCUT2D eigenvalue weighted by molar-refractivity contribution is -0.184. The second kappa shape index (κ2) is 7.62. The summed E-state index contributed by atoms with van der Waals surface area (Å²) in [5.74, 6) is -1.58. The van der Waals surface area contributed by atoms with E-state index < -0.39 is 24.0 Å². The van der Waals surface area contributed by atoms with Gasteiger partial charge in [-0.3, -0.25) is 4.79 Å². The molecule has 1 saturated carbocycles. The van der Waals surface area contributed by atoms with Gasteiger partial charge in [0.05, 0.1) is 10.9 Å². The second-order valence-electron chi connectivity index (χ2n) is 5.53. The van der Waals surface area contributed by atoms with Crippen LogP contribution in [0.25, 0.3) is 0 Å². The fourth-order valence-corrected chi connectivity index (χ4v) is 2.95. The molecule has 1 aliphatic carbocycles. The van der Waals surface area contributed by atoms with Crippen molar-refractivity contribution in [3.63, 3.8) is 0 Å². The van der Waals surface area contributed by atoms with Crippen molar-refractivity contribution in [3.05, 3.63) is 28.2 Å². The van der Waals surface area contributed by atoms with Crippen LogP contribution in [0.2, 0.25) is 10.0 Å². The second-order valence-corrected chi connectivity index (χ2v) is 6.38. The zero-order valence-electron chi connectivity index (χ0n) is 12.1. The molecule has 0 spiro atoms. The van der Waals surface area contributed by atoms with E-state index in [1.54, 1.807) is 6.07 Å². The Labute approximate surface area is 142 Å². The summed E-state index contributed by atoms with van der Waals surface area (Å²) in [5, 5.41) is 3.30. The molecule has 0 heterocycles. The number of amides is 1.